The first-order valence-electron chi connectivity index (χ1n) is 8.70. The molecule has 0 bridgehead atoms. The van der Waals surface area contributed by atoms with Crippen molar-refractivity contribution in [3.63, 3.8) is 0 Å². The van der Waals surface area contributed by atoms with Crippen LogP contribution in [0.25, 0.3) is 0 Å². The van der Waals surface area contributed by atoms with Crippen molar-refractivity contribution < 1.29 is 4.79 Å². The van der Waals surface area contributed by atoms with Crippen molar-refractivity contribution in [3.05, 3.63) is 47.5 Å². The Bertz CT molecular complexity index is 720. The molecule has 2 heterocycles. The zero-order chi connectivity index (χ0) is 17.8. The van der Waals surface area contributed by atoms with E-state index >= 15 is 0 Å². The number of rotatable bonds is 4. The first kappa shape index (κ1) is 17.4. The van der Waals surface area contributed by atoms with Crippen LogP contribution in [0, 0.1) is 6.92 Å². The van der Waals surface area contributed by atoms with Gasteiger partial charge < -0.3 is 14.8 Å². The summed E-state index contributed by atoms with van der Waals surface area (Å²) in [5, 5.41) is 10.9. The maximum Gasteiger partial charge on any atom is 0.318 e. The summed E-state index contributed by atoms with van der Waals surface area (Å²) in [5.41, 5.74) is 2.61. The smallest absolute Gasteiger partial charge is 0.318 e. The fourth-order valence-corrected chi connectivity index (χ4v) is 3.20. The molecule has 1 aromatic heterocycles. The van der Waals surface area contributed by atoms with Gasteiger partial charge in [-0.15, -0.1) is 10.2 Å². The first-order valence-corrected chi connectivity index (χ1v) is 8.70. The molecular formula is C18H26N6O. The number of aryl methyl sites for hydroxylation is 2. The standard InChI is InChI=1S/C18H26N6O/c1-14-5-4-6-16(11-14)12-23-7-9-24(10-8-23)18(25)20-15(2)17-21-19-13-22(17)3/h4-6,11,13,15H,7-10,12H2,1-3H3,(H,20,25)/t15-/m0/s1. The number of nitrogens with zero attached hydrogens (tertiary/aromatic N) is 5. The van der Waals surface area contributed by atoms with E-state index in [-0.39, 0.29) is 12.1 Å². The maximum absolute atomic E-state index is 12.5. The third-order valence-corrected chi connectivity index (χ3v) is 4.62. The summed E-state index contributed by atoms with van der Waals surface area (Å²) in [6.07, 6.45) is 1.64. The Morgan fingerprint density at radius 2 is 2.04 bits per heavy atom. The lowest BCUT2D eigenvalue weighted by molar-refractivity contribution is 0.133. The summed E-state index contributed by atoms with van der Waals surface area (Å²) in [5.74, 6) is 0.756. The summed E-state index contributed by atoms with van der Waals surface area (Å²) < 4.78 is 1.82. The minimum atomic E-state index is -0.162. The van der Waals surface area contributed by atoms with Gasteiger partial charge in [-0.1, -0.05) is 29.8 Å². The lowest BCUT2D eigenvalue weighted by Crippen LogP contribution is -2.51. The van der Waals surface area contributed by atoms with Crippen LogP contribution in [0.3, 0.4) is 0 Å². The molecule has 1 aliphatic heterocycles. The van der Waals surface area contributed by atoms with Gasteiger partial charge in [-0.05, 0) is 19.4 Å². The maximum atomic E-state index is 12.5. The predicted molar refractivity (Wildman–Crippen MR) is 96.0 cm³/mol. The monoisotopic (exact) mass is 342 g/mol. The van der Waals surface area contributed by atoms with Crippen molar-refractivity contribution in [2.24, 2.45) is 7.05 Å². The van der Waals surface area contributed by atoms with Gasteiger partial charge in [0.15, 0.2) is 5.82 Å². The van der Waals surface area contributed by atoms with Crippen LogP contribution in [-0.4, -0.2) is 56.8 Å². The number of carbonyl (C=O) groups excluding carboxylic acids is 1. The number of nitrogens with one attached hydrogen (secondary N) is 1. The van der Waals surface area contributed by atoms with E-state index in [2.05, 4.69) is 51.6 Å². The number of hydrogen-bond acceptors (Lipinski definition) is 4. The Balaban J connectivity index is 1.48. The van der Waals surface area contributed by atoms with Crippen LogP contribution in [0.1, 0.15) is 29.9 Å². The minimum Gasteiger partial charge on any atom is -0.328 e. The normalized spacial score (nSPS) is 16.7. The Morgan fingerprint density at radius 3 is 2.68 bits per heavy atom. The minimum absolute atomic E-state index is 0.0364. The van der Waals surface area contributed by atoms with Crippen molar-refractivity contribution in [2.75, 3.05) is 26.2 Å². The van der Waals surface area contributed by atoms with E-state index in [4.69, 9.17) is 0 Å². The quantitative estimate of drug-likeness (QED) is 0.919. The van der Waals surface area contributed by atoms with Gasteiger partial charge in [0.1, 0.15) is 6.33 Å². The molecule has 7 heteroatoms. The average Bonchev–Trinajstić information content (AvgIpc) is 3.01. The Labute approximate surface area is 148 Å². The van der Waals surface area contributed by atoms with Gasteiger partial charge in [0.2, 0.25) is 0 Å². The average molecular weight is 342 g/mol. The highest BCUT2D eigenvalue weighted by atomic mass is 16.2. The van der Waals surface area contributed by atoms with Gasteiger partial charge in [0.25, 0.3) is 0 Å². The number of urea groups is 1. The third kappa shape index (κ3) is 4.36. The molecule has 0 radical (unpaired) electrons. The number of carbonyl (C=O) groups is 1. The summed E-state index contributed by atoms with van der Waals surface area (Å²) in [6.45, 7) is 8.23. The molecule has 7 nitrogen and oxygen atoms in total. The number of amides is 2. The molecule has 134 valence electrons. The van der Waals surface area contributed by atoms with Crippen molar-refractivity contribution >= 4 is 6.03 Å². The van der Waals surface area contributed by atoms with Crippen LogP contribution in [-0.2, 0) is 13.6 Å². The van der Waals surface area contributed by atoms with Gasteiger partial charge in [0.05, 0.1) is 6.04 Å². The van der Waals surface area contributed by atoms with Crippen LogP contribution in [0.2, 0.25) is 0 Å². The number of benzene rings is 1. The van der Waals surface area contributed by atoms with Gasteiger partial charge in [-0.25, -0.2) is 4.79 Å². The summed E-state index contributed by atoms with van der Waals surface area (Å²) in [4.78, 5) is 16.7. The molecule has 1 N–H and O–H groups in total. The highest BCUT2D eigenvalue weighted by molar-refractivity contribution is 5.74. The van der Waals surface area contributed by atoms with E-state index in [1.807, 2.05) is 23.4 Å². The van der Waals surface area contributed by atoms with Crippen molar-refractivity contribution in [3.8, 4) is 0 Å². The van der Waals surface area contributed by atoms with Crippen LogP contribution >= 0.6 is 0 Å². The van der Waals surface area contributed by atoms with Crippen molar-refractivity contribution in [1.29, 1.82) is 0 Å². The summed E-state index contributed by atoms with van der Waals surface area (Å²) >= 11 is 0. The molecule has 2 amide bonds. The van der Waals surface area contributed by atoms with Crippen molar-refractivity contribution in [1.82, 2.24) is 29.9 Å². The summed E-state index contributed by atoms with van der Waals surface area (Å²) in [6, 6.07) is 8.40. The number of aromatic nitrogens is 3. The Morgan fingerprint density at radius 1 is 1.28 bits per heavy atom. The Hall–Kier alpha value is -2.41. The van der Waals surface area contributed by atoms with Gasteiger partial charge in [0, 0.05) is 39.8 Å². The highest BCUT2D eigenvalue weighted by Gasteiger charge is 2.23. The molecule has 1 atom stereocenters. The number of piperazine rings is 1. The fraction of sp³-hybridized carbons (Fsp3) is 0.500. The second-order valence-corrected chi connectivity index (χ2v) is 6.72. The highest BCUT2D eigenvalue weighted by Crippen LogP contribution is 2.12. The molecule has 1 aromatic carbocycles. The Kier molecular flexibility index (Phi) is 5.33. The molecule has 1 fully saturated rings. The lowest BCUT2D eigenvalue weighted by atomic mass is 10.1. The molecule has 0 spiro atoms. The molecule has 0 unspecified atom stereocenters. The zero-order valence-corrected chi connectivity index (χ0v) is 15.1. The van der Waals surface area contributed by atoms with Crippen molar-refractivity contribution in [2.45, 2.75) is 26.4 Å². The summed E-state index contributed by atoms with van der Waals surface area (Å²) in [7, 11) is 1.88. The predicted octanol–water partition coefficient (Wildman–Crippen LogP) is 1.71. The van der Waals surface area contributed by atoms with E-state index in [1.165, 1.54) is 11.1 Å². The van der Waals surface area contributed by atoms with Gasteiger partial charge in [-0.2, -0.15) is 0 Å². The molecule has 1 aliphatic rings. The van der Waals surface area contributed by atoms with E-state index < -0.39 is 0 Å². The third-order valence-electron chi connectivity index (χ3n) is 4.62. The molecule has 0 saturated carbocycles. The largest absolute Gasteiger partial charge is 0.328 e. The first-order chi connectivity index (χ1) is 12.0. The van der Waals surface area contributed by atoms with Crippen LogP contribution in [0.5, 0.6) is 0 Å². The second-order valence-electron chi connectivity index (χ2n) is 6.72. The molecule has 3 rings (SSSR count). The van der Waals surface area contributed by atoms with E-state index in [9.17, 15) is 4.79 Å². The zero-order valence-electron chi connectivity index (χ0n) is 15.1. The molecule has 25 heavy (non-hydrogen) atoms. The second kappa shape index (κ2) is 7.65. The van der Waals surface area contributed by atoms with Crippen LogP contribution < -0.4 is 5.32 Å². The van der Waals surface area contributed by atoms with Crippen LogP contribution in [0.15, 0.2) is 30.6 Å². The van der Waals surface area contributed by atoms with Gasteiger partial charge in [-0.3, -0.25) is 4.90 Å². The topological polar surface area (TPSA) is 66.3 Å². The fourth-order valence-electron chi connectivity index (χ4n) is 3.20. The van der Waals surface area contributed by atoms with E-state index in [0.717, 1.165) is 38.5 Å². The van der Waals surface area contributed by atoms with Gasteiger partial charge >= 0.3 is 6.03 Å². The molecular weight excluding hydrogens is 316 g/mol. The molecule has 2 aromatic rings. The number of hydrogen-bond donors (Lipinski definition) is 1. The van der Waals surface area contributed by atoms with E-state index in [0.29, 0.717) is 0 Å². The SMILES string of the molecule is Cc1cccc(CN2CCN(C(=O)N[C@@H](C)c3nncn3C)CC2)c1. The molecule has 1 saturated heterocycles. The van der Waals surface area contributed by atoms with Crippen LogP contribution in [0.4, 0.5) is 4.79 Å². The molecule has 0 aliphatic carbocycles. The van der Waals surface area contributed by atoms with E-state index in [1.54, 1.807) is 6.33 Å². The lowest BCUT2D eigenvalue weighted by Gasteiger charge is -2.35.